The molecule has 1 aliphatic heterocycles. The molecule has 0 bridgehead atoms. The van der Waals surface area contributed by atoms with Crippen LogP contribution in [0.25, 0.3) is 0 Å². The van der Waals surface area contributed by atoms with Crippen molar-refractivity contribution in [1.82, 2.24) is 4.90 Å². The van der Waals surface area contributed by atoms with E-state index < -0.39 is 5.97 Å². The highest BCUT2D eigenvalue weighted by atomic mass is 16.4. The van der Waals surface area contributed by atoms with Crippen molar-refractivity contribution in [2.24, 2.45) is 0 Å². The largest absolute Gasteiger partial charge is 0.508 e. The second-order valence-electron chi connectivity index (χ2n) is 4.38. The molecule has 2 N–H and O–H groups in total. The number of carbonyl (C=O) groups is 2. The van der Waals surface area contributed by atoms with E-state index >= 15 is 0 Å². The van der Waals surface area contributed by atoms with Crippen LogP contribution in [0.2, 0.25) is 0 Å². The molecule has 0 aromatic heterocycles. The zero-order valence-corrected chi connectivity index (χ0v) is 9.93. The molecule has 1 aliphatic rings. The number of carbonyl (C=O) groups excluding carboxylic acids is 1. The molecule has 96 valence electrons. The first-order valence-corrected chi connectivity index (χ1v) is 5.91. The van der Waals surface area contributed by atoms with Crippen LogP contribution in [0.3, 0.4) is 0 Å². The van der Waals surface area contributed by atoms with Gasteiger partial charge < -0.3 is 15.1 Å². The van der Waals surface area contributed by atoms with Crippen LogP contribution in [-0.4, -0.2) is 40.1 Å². The predicted molar refractivity (Wildman–Crippen MR) is 64.6 cm³/mol. The van der Waals surface area contributed by atoms with E-state index in [0.29, 0.717) is 12.1 Å². The molecule has 18 heavy (non-hydrogen) atoms. The Balaban J connectivity index is 2.22. The van der Waals surface area contributed by atoms with Gasteiger partial charge in [-0.2, -0.15) is 0 Å². The lowest BCUT2D eigenvalue weighted by atomic mass is 10.0. The van der Waals surface area contributed by atoms with Gasteiger partial charge in [0.1, 0.15) is 5.75 Å². The topological polar surface area (TPSA) is 77.8 Å². The average Bonchev–Trinajstić information content (AvgIpc) is 2.47. The molecule has 0 saturated carbocycles. The summed E-state index contributed by atoms with van der Waals surface area (Å²) < 4.78 is 0. The maximum Gasteiger partial charge on any atom is 0.305 e. The lowest BCUT2D eigenvalue weighted by Gasteiger charge is -2.19. The third-order valence-electron chi connectivity index (χ3n) is 3.08. The van der Waals surface area contributed by atoms with E-state index in [9.17, 15) is 14.7 Å². The molecule has 0 unspecified atom stereocenters. The number of fused-ring (bicyclic) bond motifs is 1. The number of phenols is 1. The lowest BCUT2D eigenvalue weighted by molar-refractivity contribution is -0.137. The second-order valence-corrected chi connectivity index (χ2v) is 4.38. The zero-order valence-electron chi connectivity index (χ0n) is 9.93. The number of aromatic hydroxyl groups is 1. The molecule has 0 radical (unpaired) electrons. The Kier molecular flexibility index (Phi) is 3.50. The minimum Gasteiger partial charge on any atom is -0.508 e. The van der Waals surface area contributed by atoms with Crippen LogP contribution in [0, 0.1) is 0 Å². The molecule has 1 heterocycles. The minimum absolute atomic E-state index is 0.0557. The molecule has 0 saturated heterocycles. The minimum atomic E-state index is -0.914. The smallest absolute Gasteiger partial charge is 0.305 e. The van der Waals surface area contributed by atoms with Crippen LogP contribution in [0.1, 0.15) is 28.8 Å². The maximum absolute atomic E-state index is 12.2. The predicted octanol–water partition coefficient (Wildman–Crippen LogP) is 1.26. The number of carboxylic acids is 1. The molecule has 0 spiro atoms. The Bertz CT molecular complexity index is 484. The van der Waals surface area contributed by atoms with Gasteiger partial charge in [0, 0.05) is 18.7 Å². The molecule has 5 heteroatoms. The summed E-state index contributed by atoms with van der Waals surface area (Å²) >= 11 is 0. The van der Waals surface area contributed by atoms with E-state index in [-0.39, 0.29) is 24.6 Å². The fourth-order valence-corrected chi connectivity index (χ4v) is 2.16. The van der Waals surface area contributed by atoms with Crippen molar-refractivity contribution in [3.8, 4) is 5.75 Å². The summed E-state index contributed by atoms with van der Waals surface area (Å²) in [5, 5.41) is 18.1. The molecule has 1 aromatic carbocycles. The van der Waals surface area contributed by atoms with Gasteiger partial charge in [-0.25, -0.2) is 0 Å². The van der Waals surface area contributed by atoms with Gasteiger partial charge in [-0.05, 0) is 30.5 Å². The van der Waals surface area contributed by atoms with Crippen molar-refractivity contribution in [2.75, 3.05) is 13.1 Å². The number of aliphatic carboxylic acids is 1. The first kappa shape index (κ1) is 12.4. The number of hydrogen-bond acceptors (Lipinski definition) is 3. The number of phenolic OH excluding ortho intramolecular Hbond substituents is 1. The number of amides is 1. The van der Waals surface area contributed by atoms with Gasteiger partial charge in [-0.3, -0.25) is 9.59 Å². The summed E-state index contributed by atoms with van der Waals surface area (Å²) in [5.74, 6) is -1.05. The third-order valence-corrected chi connectivity index (χ3v) is 3.08. The van der Waals surface area contributed by atoms with E-state index in [1.807, 2.05) is 0 Å². The average molecular weight is 249 g/mol. The number of rotatable bonds is 3. The van der Waals surface area contributed by atoms with E-state index in [0.717, 1.165) is 18.4 Å². The van der Waals surface area contributed by atoms with Crippen molar-refractivity contribution in [2.45, 2.75) is 19.3 Å². The van der Waals surface area contributed by atoms with Gasteiger partial charge in [-0.15, -0.1) is 0 Å². The lowest BCUT2D eigenvalue weighted by Crippen LogP contribution is -2.32. The summed E-state index contributed by atoms with van der Waals surface area (Å²) in [4.78, 5) is 24.3. The quantitative estimate of drug-likeness (QED) is 0.845. The molecule has 0 atom stereocenters. The fraction of sp³-hybridized carbons (Fsp3) is 0.385. The number of benzene rings is 1. The van der Waals surface area contributed by atoms with Gasteiger partial charge in [0.2, 0.25) is 0 Å². The summed E-state index contributed by atoms with van der Waals surface area (Å²) in [6.07, 6.45) is 1.52. The highest BCUT2D eigenvalue weighted by Crippen LogP contribution is 2.22. The van der Waals surface area contributed by atoms with Gasteiger partial charge in [0.15, 0.2) is 0 Å². The molecular weight excluding hydrogens is 234 g/mol. The van der Waals surface area contributed by atoms with E-state index in [1.54, 1.807) is 17.0 Å². The summed E-state index contributed by atoms with van der Waals surface area (Å²) in [6, 6.07) is 4.78. The summed E-state index contributed by atoms with van der Waals surface area (Å²) in [7, 11) is 0. The Hall–Kier alpha value is -2.04. The summed E-state index contributed by atoms with van der Waals surface area (Å²) in [5.41, 5.74) is 1.40. The van der Waals surface area contributed by atoms with Crippen LogP contribution in [-0.2, 0) is 11.2 Å². The molecule has 1 aromatic rings. The number of carboxylic acid groups (broad SMARTS) is 1. The molecule has 5 nitrogen and oxygen atoms in total. The van der Waals surface area contributed by atoms with Crippen molar-refractivity contribution < 1.29 is 19.8 Å². The van der Waals surface area contributed by atoms with Crippen LogP contribution in [0.4, 0.5) is 0 Å². The highest BCUT2D eigenvalue weighted by molar-refractivity contribution is 5.96. The van der Waals surface area contributed by atoms with Crippen molar-refractivity contribution in [3.05, 3.63) is 29.3 Å². The molecule has 0 fully saturated rings. The third kappa shape index (κ3) is 2.61. The van der Waals surface area contributed by atoms with Gasteiger partial charge in [0.05, 0.1) is 6.42 Å². The van der Waals surface area contributed by atoms with Gasteiger partial charge in [-0.1, -0.05) is 6.07 Å². The Labute approximate surface area is 105 Å². The van der Waals surface area contributed by atoms with Crippen LogP contribution < -0.4 is 0 Å². The standard InChI is InChI=1S/C13H15NO4/c15-10-4-3-9-2-1-6-14(7-5-12(16)17)13(18)11(9)8-10/h3-4,8,15H,1-2,5-7H2,(H,16,17). The van der Waals surface area contributed by atoms with Crippen molar-refractivity contribution >= 4 is 11.9 Å². The van der Waals surface area contributed by atoms with E-state index in [2.05, 4.69) is 0 Å². The molecular formula is C13H15NO4. The zero-order chi connectivity index (χ0) is 13.1. The maximum atomic E-state index is 12.2. The molecule has 1 amide bonds. The normalized spacial score (nSPS) is 15.1. The van der Waals surface area contributed by atoms with Gasteiger partial charge in [0.25, 0.3) is 5.91 Å². The Morgan fingerprint density at radius 1 is 1.39 bits per heavy atom. The van der Waals surface area contributed by atoms with Crippen molar-refractivity contribution in [3.63, 3.8) is 0 Å². The number of hydrogen-bond donors (Lipinski definition) is 2. The number of aryl methyl sites for hydroxylation is 1. The SMILES string of the molecule is O=C(O)CCN1CCCc2ccc(O)cc2C1=O. The first-order valence-electron chi connectivity index (χ1n) is 5.91. The van der Waals surface area contributed by atoms with Crippen LogP contribution in [0.5, 0.6) is 5.75 Å². The van der Waals surface area contributed by atoms with Crippen LogP contribution in [0.15, 0.2) is 18.2 Å². The van der Waals surface area contributed by atoms with E-state index in [1.165, 1.54) is 6.07 Å². The monoisotopic (exact) mass is 249 g/mol. The van der Waals surface area contributed by atoms with E-state index in [4.69, 9.17) is 5.11 Å². The molecule has 0 aliphatic carbocycles. The summed E-state index contributed by atoms with van der Waals surface area (Å²) in [6.45, 7) is 0.769. The van der Waals surface area contributed by atoms with Crippen LogP contribution >= 0.6 is 0 Å². The number of nitrogens with zero attached hydrogens (tertiary/aromatic N) is 1. The first-order chi connectivity index (χ1) is 8.58. The second kappa shape index (κ2) is 5.08. The fourth-order valence-electron chi connectivity index (χ4n) is 2.16. The highest BCUT2D eigenvalue weighted by Gasteiger charge is 2.22. The van der Waals surface area contributed by atoms with Gasteiger partial charge >= 0.3 is 5.97 Å². The Morgan fingerprint density at radius 3 is 2.89 bits per heavy atom. The van der Waals surface area contributed by atoms with Crippen molar-refractivity contribution in [1.29, 1.82) is 0 Å². The molecule has 2 rings (SSSR count). The Morgan fingerprint density at radius 2 is 2.17 bits per heavy atom.